The largest absolute Gasteiger partial charge is 0.507 e. The molecular formula is C29H32N2O3S. The van der Waals surface area contributed by atoms with Gasteiger partial charge < -0.3 is 9.52 Å². The van der Waals surface area contributed by atoms with Gasteiger partial charge in [0.1, 0.15) is 22.6 Å². The summed E-state index contributed by atoms with van der Waals surface area (Å²) in [5.41, 5.74) is 3.90. The zero-order valence-corrected chi connectivity index (χ0v) is 21.7. The lowest BCUT2D eigenvalue weighted by Crippen LogP contribution is -2.34. The Labute approximate surface area is 209 Å². The average Bonchev–Trinajstić information content (AvgIpc) is 3.32. The highest BCUT2D eigenvalue weighted by molar-refractivity contribution is 7.21. The summed E-state index contributed by atoms with van der Waals surface area (Å²) in [6.07, 6.45) is 5.74. The number of nitrogens with zero attached hydrogens (tertiary/aromatic N) is 2. The molecule has 2 bridgehead atoms. The maximum atomic E-state index is 13.7. The molecule has 2 atom stereocenters. The van der Waals surface area contributed by atoms with Crippen LogP contribution in [-0.2, 0) is 13.0 Å². The van der Waals surface area contributed by atoms with Gasteiger partial charge in [0.05, 0.1) is 26.7 Å². The molecule has 6 heteroatoms. The summed E-state index contributed by atoms with van der Waals surface area (Å²) in [4.78, 5) is 20.9. The van der Waals surface area contributed by atoms with Crippen molar-refractivity contribution < 1.29 is 9.52 Å². The first kappa shape index (κ1) is 22.7. The van der Waals surface area contributed by atoms with Crippen molar-refractivity contribution in [1.29, 1.82) is 0 Å². The smallest absolute Gasteiger partial charge is 0.202 e. The minimum Gasteiger partial charge on any atom is -0.507 e. The highest BCUT2D eigenvalue weighted by Gasteiger charge is 2.49. The molecule has 2 aromatic heterocycles. The second-order valence-corrected chi connectivity index (χ2v) is 12.7. The fourth-order valence-electron chi connectivity index (χ4n) is 6.91. The Balaban J connectivity index is 1.46. The van der Waals surface area contributed by atoms with Gasteiger partial charge in [-0.1, -0.05) is 39.8 Å². The van der Waals surface area contributed by atoms with Gasteiger partial charge in [-0.2, -0.15) is 0 Å². The monoisotopic (exact) mass is 488 g/mol. The SMILES string of the molecule is CCc1cc2c(=O)c(-c3nc4ccccc4s3)coc2c(CN2C[C@@]3(C)C[C@@H]2CC(C)(C)C3)c1O. The van der Waals surface area contributed by atoms with E-state index >= 15 is 0 Å². The summed E-state index contributed by atoms with van der Waals surface area (Å²) in [6, 6.07) is 10.2. The molecular weight excluding hydrogens is 456 g/mol. The number of rotatable bonds is 4. The second kappa shape index (κ2) is 7.90. The molecule has 6 rings (SSSR count). The van der Waals surface area contributed by atoms with Crippen LogP contribution in [0.4, 0.5) is 0 Å². The van der Waals surface area contributed by atoms with Crippen molar-refractivity contribution in [1.82, 2.24) is 9.88 Å². The third kappa shape index (κ3) is 3.78. The molecule has 5 nitrogen and oxygen atoms in total. The molecule has 1 saturated carbocycles. The Bertz CT molecular complexity index is 1480. The van der Waals surface area contributed by atoms with E-state index < -0.39 is 0 Å². The Morgan fingerprint density at radius 3 is 2.80 bits per heavy atom. The molecule has 1 saturated heterocycles. The first-order chi connectivity index (χ1) is 16.7. The molecule has 4 aromatic rings. The lowest BCUT2D eigenvalue weighted by molar-refractivity contribution is 0.126. The predicted octanol–water partition coefficient (Wildman–Crippen LogP) is 6.74. The number of benzene rings is 2. The van der Waals surface area contributed by atoms with Crippen molar-refractivity contribution >= 4 is 32.5 Å². The molecule has 0 unspecified atom stereocenters. The van der Waals surface area contributed by atoms with E-state index in [4.69, 9.17) is 4.42 Å². The molecule has 0 spiro atoms. The minimum atomic E-state index is -0.0884. The van der Waals surface area contributed by atoms with Crippen molar-refractivity contribution in [3.8, 4) is 16.3 Å². The van der Waals surface area contributed by atoms with Gasteiger partial charge in [-0.15, -0.1) is 11.3 Å². The Hall–Kier alpha value is -2.70. The van der Waals surface area contributed by atoms with E-state index in [-0.39, 0.29) is 11.2 Å². The van der Waals surface area contributed by atoms with Crippen LogP contribution in [0.1, 0.15) is 58.1 Å². The molecule has 0 amide bonds. The number of aromatic hydroxyl groups is 1. The molecule has 1 aliphatic carbocycles. The van der Waals surface area contributed by atoms with Crippen LogP contribution in [0.5, 0.6) is 5.75 Å². The van der Waals surface area contributed by atoms with E-state index in [9.17, 15) is 9.90 Å². The molecule has 2 aromatic carbocycles. The normalized spacial score (nSPS) is 23.9. The number of fused-ring (bicyclic) bond motifs is 4. The molecule has 0 radical (unpaired) electrons. The molecule has 35 heavy (non-hydrogen) atoms. The van der Waals surface area contributed by atoms with E-state index in [1.807, 2.05) is 37.3 Å². The van der Waals surface area contributed by atoms with Gasteiger partial charge in [-0.3, -0.25) is 9.69 Å². The zero-order chi connectivity index (χ0) is 24.5. The topological polar surface area (TPSA) is 66.6 Å². The van der Waals surface area contributed by atoms with Crippen LogP contribution in [0, 0.1) is 10.8 Å². The van der Waals surface area contributed by atoms with Crippen molar-refractivity contribution in [2.45, 2.75) is 66.0 Å². The van der Waals surface area contributed by atoms with Gasteiger partial charge in [-0.25, -0.2) is 4.98 Å². The first-order valence-electron chi connectivity index (χ1n) is 12.6. The van der Waals surface area contributed by atoms with Crippen molar-refractivity contribution in [2.24, 2.45) is 10.8 Å². The number of para-hydroxylation sites is 1. The van der Waals surface area contributed by atoms with Crippen LogP contribution in [0.2, 0.25) is 0 Å². The standard InChI is InChI=1S/C29H32N2O3S/c1-5-17-10-19-25(33)21(27-30-22-8-6-7-9-23(22)35-27)14-34-26(19)20(24(17)32)13-31-16-29(4)12-18(31)11-28(2,3)15-29/h6-10,14,18,32H,5,11-13,15-16H2,1-4H3/t18-,29-/m0/s1. The lowest BCUT2D eigenvalue weighted by Gasteiger charge is -2.40. The van der Waals surface area contributed by atoms with Crippen molar-refractivity contribution in [2.75, 3.05) is 6.54 Å². The number of aromatic nitrogens is 1. The Morgan fingerprint density at radius 1 is 1.23 bits per heavy atom. The lowest BCUT2D eigenvalue weighted by atomic mass is 9.65. The van der Waals surface area contributed by atoms with Crippen LogP contribution in [0.3, 0.4) is 0 Å². The number of aryl methyl sites for hydroxylation is 1. The van der Waals surface area contributed by atoms with Crippen molar-refractivity contribution in [3.05, 3.63) is 57.9 Å². The van der Waals surface area contributed by atoms with Gasteiger partial charge >= 0.3 is 0 Å². The maximum Gasteiger partial charge on any atom is 0.202 e. The summed E-state index contributed by atoms with van der Waals surface area (Å²) in [5, 5.41) is 12.4. The average molecular weight is 489 g/mol. The van der Waals surface area contributed by atoms with E-state index in [2.05, 4.69) is 30.7 Å². The predicted molar refractivity (Wildman–Crippen MR) is 142 cm³/mol. The van der Waals surface area contributed by atoms with Crippen LogP contribution < -0.4 is 5.43 Å². The highest BCUT2D eigenvalue weighted by Crippen LogP contribution is 2.53. The fraction of sp³-hybridized carbons (Fsp3) is 0.448. The van der Waals surface area contributed by atoms with Gasteiger partial charge in [0.2, 0.25) is 5.43 Å². The van der Waals surface area contributed by atoms with E-state index in [1.165, 1.54) is 30.4 Å². The minimum absolute atomic E-state index is 0.0884. The molecule has 182 valence electrons. The summed E-state index contributed by atoms with van der Waals surface area (Å²) >= 11 is 1.50. The van der Waals surface area contributed by atoms with E-state index in [1.54, 1.807) is 0 Å². The second-order valence-electron chi connectivity index (χ2n) is 11.7. The van der Waals surface area contributed by atoms with E-state index in [0.717, 1.165) is 34.3 Å². The number of likely N-dealkylation sites (tertiary alicyclic amines) is 1. The molecule has 2 fully saturated rings. The third-order valence-electron chi connectivity index (χ3n) is 8.00. The summed E-state index contributed by atoms with van der Waals surface area (Å²) < 4.78 is 7.19. The summed E-state index contributed by atoms with van der Waals surface area (Å²) in [7, 11) is 0. The van der Waals surface area contributed by atoms with Gasteiger partial charge in [-0.05, 0) is 60.3 Å². The molecule has 3 heterocycles. The fourth-order valence-corrected chi connectivity index (χ4v) is 7.88. The maximum absolute atomic E-state index is 13.7. The Morgan fingerprint density at radius 2 is 2.03 bits per heavy atom. The van der Waals surface area contributed by atoms with Crippen LogP contribution in [-0.4, -0.2) is 27.6 Å². The number of hydrogen-bond donors (Lipinski definition) is 1. The summed E-state index contributed by atoms with van der Waals surface area (Å²) in [6.45, 7) is 10.7. The molecule has 2 aliphatic rings. The van der Waals surface area contributed by atoms with Crippen LogP contribution >= 0.6 is 11.3 Å². The molecule has 1 N–H and O–H groups in total. The third-order valence-corrected chi connectivity index (χ3v) is 9.07. The quantitative estimate of drug-likeness (QED) is 0.345. The molecule has 1 aliphatic heterocycles. The number of hydrogen-bond acceptors (Lipinski definition) is 6. The Kier molecular flexibility index (Phi) is 5.14. The van der Waals surface area contributed by atoms with Crippen molar-refractivity contribution in [3.63, 3.8) is 0 Å². The number of phenolic OH excluding ortho intramolecular Hbond substituents is 1. The van der Waals surface area contributed by atoms with E-state index in [0.29, 0.717) is 51.4 Å². The van der Waals surface area contributed by atoms with Crippen LogP contribution in [0.25, 0.3) is 31.8 Å². The zero-order valence-electron chi connectivity index (χ0n) is 20.9. The van der Waals surface area contributed by atoms with Gasteiger partial charge in [0, 0.05) is 19.1 Å². The number of phenols is 1. The van der Waals surface area contributed by atoms with Gasteiger partial charge in [0.25, 0.3) is 0 Å². The van der Waals surface area contributed by atoms with Crippen LogP contribution in [0.15, 0.2) is 45.8 Å². The summed E-state index contributed by atoms with van der Waals surface area (Å²) in [5.74, 6) is 0.266. The van der Waals surface area contributed by atoms with Gasteiger partial charge in [0.15, 0.2) is 0 Å². The number of thiazole rings is 1. The highest BCUT2D eigenvalue weighted by atomic mass is 32.1. The first-order valence-corrected chi connectivity index (χ1v) is 13.4.